The number of nitrogens with zero attached hydrogens (tertiary/aromatic N) is 1. The van der Waals surface area contributed by atoms with Gasteiger partial charge < -0.3 is 4.74 Å². The molecule has 1 aromatic rings. The van der Waals surface area contributed by atoms with Crippen molar-refractivity contribution in [1.82, 2.24) is 0 Å². The summed E-state index contributed by atoms with van der Waals surface area (Å²) in [6, 6.07) is 9.77. The van der Waals surface area contributed by atoms with E-state index in [1.54, 1.807) is 25.3 Å². The number of methoxy groups -OCH3 is 1. The van der Waals surface area contributed by atoms with E-state index in [1.807, 2.05) is 6.07 Å². The zero-order valence-electron chi connectivity index (χ0n) is 6.59. The van der Waals surface area contributed by atoms with E-state index in [2.05, 4.69) is 6.07 Å². The van der Waals surface area contributed by atoms with Crippen molar-refractivity contribution >= 4 is 0 Å². The van der Waals surface area contributed by atoms with Crippen LogP contribution in [0.15, 0.2) is 18.2 Å². The molecule has 0 atom stereocenters. The Kier molecular flexibility index (Phi) is 4.46. The Bertz CT molecular complexity index is 267. The minimum absolute atomic E-state index is 0. The summed E-state index contributed by atoms with van der Waals surface area (Å²) in [6.45, 7) is 0. The van der Waals surface area contributed by atoms with Gasteiger partial charge in [0.1, 0.15) is 0 Å². The van der Waals surface area contributed by atoms with E-state index in [0.29, 0.717) is 11.3 Å². The molecule has 0 aliphatic rings. The number of hydrogen-bond acceptors (Lipinski definition) is 2. The molecule has 0 saturated carbocycles. The zero-order chi connectivity index (χ0) is 7.40. The van der Waals surface area contributed by atoms with Crippen LogP contribution >= 0.6 is 0 Å². The number of rotatable bonds is 1. The van der Waals surface area contributed by atoms with E-state index in [1.165, 1.54) is 0 Å². The largest absolute Gasteiger partial charge is 1.00 e. The number of ether oxygens (including phenoxy) is 1. The minimum atomic E-state index is 0. The fraction of sp³-hybridized carbons (Fsp3) is 0.125. The predicted octanol–water partition coefficient (Wildman–Crippen LogP) is -1.63. The molecule has 3 heteroatoms. The molecular weight excluding hydrogens is 133 g/mol. The Morgan fingerprint density at radius 1 is 1.64 bits per heavy atom. The summed E-state index contributed by atoms with van der Waals surface area (Å²) < 4.78 is 4.89. The molecule has 11 heavy (non-hydrogen) atoms. The normalized spacial score (nSPS) is 7.64. The van der Waals surface area contributed by atoms with Crippen molar-refractivity contribution in [2.24, 2.45) is 0 Å². The molecule has 50 valence electrons. The Morgan fingerprint density at radius 2 is 2.36 bits per heavy atom. The van der Waals surface area contributed by atoms with Gasteiger partial charge in [-0.3, -0.25) is 5.26 Å². The molecule has 2 nitrogen and oxygen atoms in total. The van der Waals surface area contributed by atoms with Crippen LogP contribution in [0.1, 0.15) is 5.56 Å². The van der Waals surface area contributed by atoms with E-state index >= 15 is 0 Å². The molecule has 0 N–H and O–H groups in total. The molecule has 0 amide bonds. The molecule has 1 aromatic carbocycles. The minimum Gasteiger partial charge on any atom is -0.516 e. The predicted molar refractivity (Wildman–Crippen MR) is 36.5 cm³/mol. The molecule has 0 aromatic heterocycles. The molecule has 0 unspecified atom stereocenters. The molecule has 0 aliphatic heterocycles. The molecule has 0 fully saturated rings. The summed E-state index contributed by atoms with van der Waals surface area (Å²) >= 11 is 0. The maximum Gasteiger partial charge on any atom is 1.00 e. The van der Waals surface area contributed by atoms with Gasteiger partial charge in [-0.15, -0.1) is 18.2 Å². The van der Waals surface area contributed by atoms with E-state index in [-0.39, 0.29) is 18.9 Å². The molecule has 0 bridgehead atoms. The summed E-state index contributed by atoms with van der Waals surface area (Å²) in [5, 5.41) is 8.42. The van der Waals surface area contributed by atoms with Crippen LogP contribution in [-0.4, -0.2) is 7.11 Å². The molecule has 1 rings (SSSR count). The quantitative estimate of drug-likeness (QED) is 0.345. The van der Waals surface area contributed by atoms with Crippen LogP contribution in [0.5, 0.6) is 5.75 Å². The third-order valence-corrected chi connectivity index (χ3v) is 1.13. The fourth-order valence-electron chi connectivity index (χ4n) is 0.637. The average Bonchev–Trinajstić information content (AvgIpc) is 2.05. The number of hydrogen-bond donors (Lipinski definition) is 0. The third-order valence-electron chi connectivity index (χ3n) is 1.13. The maximum atomic E-state index is 8.42. The fourth-order valence-corrected chi connectivity index (χ4v) is 0.637. The van der Waals surface area contributed by atoms with Crippen LogP contribution in [0.25, 0.3) is 0 Å². The van der Waals surface area contributed by atoms with E-state index in [4.69, 9.17) is 10.00 Å². The van der Waals surface area contributed by atoms with Gasteiger partial charge in [0.2, 0.25) is 0 Å². The summed E-state index contributed by atoms with van der Waals surface area (Å²) in [5.41, 5.74) is 0.499. The van der Waals surface area contributed by atoms with Gasteiger partial charge in [0.15, 0.2) is 0 Å². The first-order valence-corrected chi connectivity index (χ1v) is 2.82. The molecule has 0 spiro atoms. The Balaban J connectivity index is 0.000001000. The summed E-state index contributed by atoms with van der Waals surface area (Å²) in [7, 11) is 1.57. The summed E-state index contributed by atoms with van der Waals surface area (Å²) in [4.78, 5) is 0. The van der Waals surface area contributed by atoms with Gasteiger partial charge in [0, 0.05) is 5.75 Å². The third kappa shape index (κ3) is 2.68. The van der Waals surface area contributed by atoms with Crippen molar-refractivity contribution in [1.29, 1.82) is 5.26 Å². The van der Waals surface area contributed by atoms with E-state index < -0.39 is 0 Å². The Hall–Kier alpha value is -0.893. The van der Waals surface area contributed by atoms with E-state index in [0.717, 1.165) is 0 Å². The molecular formula is C8H6LiNO. The van der Waals surface area contributed by atoms with Crippen LogP contribution in [0.3, 0.4) is 0 Å². The smallest absolute Gasteiger partial charge is 0.516 e. The van der Waals surface area contributed by atoms with Gasteiger partial charge >= 0.3 is 18.9 Å². The van der Waals surface area contributed by atoms with Crippen molar-refractivity contribution in [2.75, 3.05) is 7.11 Å². The SMILES string of the molecule is COc1cc[c-]c(C#N)c1.[Li+]. The van der Waals surface area contributed by atoms with Crippen LogP contribution < -0.4 is 23.6 Å². The Labute approximate surface area is 78.0 Å². The van der Waals surface area contributed by atoms with Gasteiger partial charge in [0.05, 0.1) is 7.11 Å². The second kappa shape index (κ2) is 4.85. The first-order valence-electron chi connectivity index (χ1n) is 2.82. The summed E-state index contributed by atoms with van der Waals surface area (Å²) in [6.07, 6.45) is 0. The van der Waals surface area contributed by atoms with Crippen molar-refractivity contribution in [2.45, 2.75) is 0 Å². The van der Waals surface area contributed by atoms with Crippen LogP contribution in [0.2, 0.25) is 0 Å². The second-order valence-electron chi connectivity index (χ2n) is 1.75. The van der Waals surface area contributed by atoms with Gasteiger partial charge in [-0.2, -0.15) is 0 Å². The zero-order valence-corrected chi connectivity index (χ0v) is 6.59. The van der Waals surface area contributed by atoms with Gasteiger partial charge in [0.25, 0.3) is 0 Å². The van der Waals surface area contributed by atoms with Gasteiger partial charge in [-0.25, -0.2) is 0 Å². The van der Waals surface area contributed by atoms with Crippen LogP contribution in [0, 0.1) is 17.4 Å². The molecule has 0 heterocycles. The second-order valence-corrected chi connectivity index (χ2v) is 1.75. The van der Waals surface area contributed by atoms with Gasteiger partial charge in [-0.1, -0.05) is 11.6 Å². The van der Waals surface area contributed by atoms with Crippen molar-refractivity contribution in [3.8, 4) is 11.8 Å². The number of nitriles is 1. The molecule has 0 saturated heterocycles. The van der Waals surface area contributed by atoms with Crippen LogP contribution in [-0.2, 0) is 0 Å². The van der Waals surface area contributed by atoms with Gasteiger partial charge in [-0.05, 0) is 6.07 Å². The monoisotopic (exact) mass is 139 g/mol. The van der Waals surface area contributed by atoms with Crippen molar-refractivity contribution in [3.05, 3.63) is 29.8 Å². The van der Waals surface area contributed by atoms with Crippen LogP contribution in [0.4, 0.5) is 0 Å². The van der Waals surface area contributed by atoms with Crippen molar-refractivity contribution in [3.63, 3.8) is 0 Å². The maximum absolute atomic E-state index is 8.42. The Morgan fingerprint density at radius 3 is 2.91 bits per heavy atom. The molecule has 0 aliphatic carbocycles. The summed E-state index contributed by atoms with van der Waals surface area (Å²) in [5.74, 6) is 0.690. The van der Waals surface area contributed by atoms with E-state index in [9.17, 15) is 0 Å². The first kappa shape index (κ1) is 10.1. The first-order chi connectivity index (χ1) is 4.86. The molecule has 0 radical (unpaired) electrons. The number of benzene rings is 1. The van der Waals surface area contributed by atoms with Crippen molar-refractivity contribution < 1.29 is 23.6 Å². The standard InChI is InChI=1S/C8H6NO.Li/c1-10-8-4-2-3-7(5-8)6-9;/h2,4-5H,1H3;/q-1;+1. The average molecular weight is 139 g/mol. The topological polar surface area (TPSA) is 33.0 Å².